The van der Waals surface area contributed by atoms with Gasteiger partial charge in [0.1, 0.15) is 0 Å². The van der Waals surface area contributed by atoms with Crippen LogP contribution in [0.2, 0.25) is 0 Å². The standard InChI is InChI=1S/C17H27N7O2.2ClH/c1-12(19-23(14(3)25)21(5)6)16-10-9-11-17(18-16)13(2)20-24(15(4)26)22(7)8;;/h9-11H,1-8H3;2*1H. The lowest BCUT2D eigenvalue weighted by atomic mass is 10.2. The molecule has 1 aromatic heterocycles. The Hall–Kier alpha value is -2.07. The molecule has 0 atom stereocenters. The van der Waals surface area contributed by atoms with Crippen LogP contribution in [-0.4, -0.2) is 76.7 Å². The number of hydrogen-bond acceptors (Lipinski definition) is 7. The van der Waals surface area contributed by atoms with Crippen molar-refractivity contribution in [3.63, 3.8) is 0 Å². The summed E-state index contributed by atoms with van der Waals surface area (Å²) in [5.74, 6) is -0.405. The number of pyridine rings is 1. The zero-order valence-electron chi connectivity index (χ0n) is 17.5. The van der Waals surface area contributed by atoms with Crippen molar-refractivity contribution in [2.24, 2.45) is 10.2 Å². The molecule has 158 valence electrons. The van der Waals surface area contributed by atoms with E-state index in [1.54, 1.807) is 64.2 Å². The predicted molar refractivity (Wildman–Crippen MR) is 116 cm³/mol. The van der Waals surface area contributed by atoms with Gasteiger partial charge in [0.05, 0.1) is 22.8 Å². The van der Waals surface area contributed by atoms with Gasteiger partial charge in [0, 0.05) is 42.0 Å². The zero-order valence-corrected chi connectivity index (χ0v) is 19.1. The fourth-order valence-corrected chi connectivity index (χ4v) is 2.11. The topological polar surface area (TPSA) is 84.7 Å². The molecule has 0 N–H and O–H groups in total. The molecule has 11 heteroatoms. The summed E-state index contributed by atoms with van der Waals surface area (Å²) >= 11 is 0. The first-order valence-electron chi connectivity index (χ1n) is 8.08. The van der Waals surface area contributed by atoms with Crippen molar-refractivity contribution in [2.45, 2.75) is 27.7 Å². The third-order valence-electron chi connectivity index (χ3n) is 3.30. The molecule has 0 aromatic carbocycles. The number of hydrazone groups is 2. The van der Waals surface area contributed by atoms with E-state index < -0.39 is 0 Å². The predicted octanol–water partition coefficient (Wildman–Crippen LogP) is 2.02. The van der Waals surface area contributed by atoms with Crippen molar-refractivity contribution in [1.82, 2.24) is 25.2 Å². The highest BCUT2D eigenvalue weighted by atomic mass is 35.5. The van der Waals surface area contributed by atoms with Crippen molar-refractivity contribution in [3.8, 4) is 0 Å². The van der Waals surface area contributed by atoms with Crippen LogP contribution in [0.15, 0.2) is 28.4 Å². The molecule has 0 saturated carbocycles. The lowest BCUT2D eigenvalue weighted by Crippen LogP contribution is -2.37. The Morgan fingerprint density at radius 1 is 0.750 bits per heavy atom. The summed E-state index contributed by atoms with van der Waals surface area (Å²) in [6, 6.07) is 5.44. The van der Waals surface area contributed by atoms with E-state index in [1.165, 1.54) is 24.1 Å². The molecule has 0 unspecified atom stereocenters. The van der Waals surface area contributed by atoms with Crippen molar-refractivity contribution < 1.29 is 9.59 Å². The number of carbonyl (C=O) groups excluding carboxylic acids is 2. The maximum absolute atomic E-state index is 11.7. The Bertz CT molecular complexity index is 679. The number of aromatic nitrogens is 1. The number of carbonyl (C=O) groups is 2. The molecule has 1 aromatic rings. The van der Waals surface area contributed by atoms with Crippen molar-refractivity contribution in [2.75, 3.05) is 28.2 Å². The van der Waals surface area contributed by atoms with Gasteiger partial charge in [-0.3, -0.25) is 9.59 Å². The average Bonchev–Trinajstić information content (AvgIpc) is 2.55. The van der Waals surface area contributed by atoms with Gasteiger partial charge in [-0.05, 0) is 26.0 Å². The van der Waals surface area contributed by atoms with Gasteiger partial charge >= 0.3 is 0 Å². The molecule has 0 aliphatic heterocycles. The van der Waals surface area contributed by atoms with Crippen molar-refractivity contribution in [3.05, 3.63) is 29.6 Å². The SMILES string of the molecule is CC(=O)N(N=C(C)c1cccc(C(C)=NN(C(C)=O)N(C)C)n1)N(C)C.Cl.Cl. The highest BCUT2D eigenvalue weighted by Crippen LogP contribution is 2.07. The van der Waals surface area contributed by atoms with Crippen LogP contribution in [0.25, 0.3) is 0 Å². The summed E-state index contributed by atoms with van der Waals surface area (Å²) < 4.78 is 0. The minimum absolute atomic E-state index is 0. The molecule has 1 heterocycles. The fourth-order valence-electron chi connectivity index (χ4n) is 2.11. The van der Waals surface area contributed by atoms with Gasteiger partial charge in [0.15, 0.2) is 0 Å². The third kappa shape index (κ3) is 7.89. The Morgan fingerprint density at radius 3 is 1.32 bits per heavy atom. The highest BCUT2D eigenvalue weighted by molar-refractivity contribution is 6.01. The second-order valence-corrected chi connectivity index (χ2v) is 6.09. The number of amides is 2. The lowest BCUT2D eigenvalue weighted by molar-refractivity contribution is -0.142. The molecule has 0 saturated heterocycles. The molecule has 1 rings (SSSR count). The Balaban J connectivity index is 0. The monoisotopic (exact) mass is 433 g/mol. The van der Waals surface area contributed by atoms with Crippen LogP contribution < -0.4 is 0 Å². The second-order valence-electron chi connectivity index (χ2n) is 6.09. The third-order valence-corrected chi connectivity index (χ3v) is 3.30. The molecular formula is C17H29Cl2N7O2. The molecule has 0 aliphatic carbocycles. The van der Waals surface area contributed by atoms with E-state index in [2.05, 4.69) is 15.2 Å². The van der Waals surface area contributed by atoms with Gasteiger partial charge in [-0.1, -0.05) is 6.07 Å². The van der Waals surface area contributed by atoms with Crippen molar-refractivity contribution >= 4 is 48.1 Å². The fraction of sp³-hybridized carbons (Fsp3) is 0.471. The van der Waals surface area contributed by atoms with Crippen LogP contribution in [0.3, 0.4) is 0 Å². The molecule has 28 heavy (non-hydrogen) atoms. The van der Waals surface area contributed by atoms with Crippen LogP contribution in [0, 0.1) is 0 Å². The van der Waals surface area contributed by atoms with E-state index in [9.17, 15) is 9.59 Å². The summed E-state index contributed by atoms with van der Waals surface area (Å²) in [5, 5.41) is 14.3. The minimum atomic E-state index is -0.202. The van der Waals surface area contributed by atoms with Crippen LogP contribution in [-0.2, 0) is 9.59 Å². The molecule has 9 nitrogen and oxygen atoms in total. The van der Waals surface area contributed by atoms with Crippen LogP contribution in [0.5, 0.6) is 0 Å². The summed E-state index contributed by atoms with van der Waals surface area (Å²) in [6.07, 6.45) is 0. The Kier molecular flexibility index (Phi) is 12.5. The number of hydrogen-bond donors (Lipinski definition) is 0. The maximum Gasteiger partial charge on any atom is 0.254 e. The first-order chi connectivity index (χ1) is 12.0. The quantitative estimate of drug-likeness (QED) is 0.505. The van der Waals surface area contributed by atoms with Gasteiger partial charge < -0.3 is 0 Å². The van der Waals surface area contributed by atoms with E-state index in [1.807, 2.05) is 6.07 Å². The molecule has 0 radical (unpaired) electrons. The minimum Gasteiger partial charge on any atom is -0.272 e. The first kappa shape index (κ1) is 28.1. The molecule has 2 amide bonds. The van der Waals surface area contributed by atoms with Gasteiger partial charge in [-0.15, -0.1) is 24.8 Å². The van der Waals surface area contributed by atoms with Gasteiger partial charge in [0.25, 0.3) is 11.8 Å². The van der Waals surface area contributed by atoms with E-state index >= 15 is 0 Å². The van der Waals surface area contributed by atoms with Crippen LogP contribution in [0.4, 0.5) is 0 Å². The Morgan fingerprint density at radius 2 is 1.07 bits per heavy atom. The first-order valence-corrected chi connectivity index (χ1v) is 8.08. The summed E-state index contributed by atoms with van der Waals surface area (Å²) in [5.41, 5.74) is 2.40. The van der Waals surface area contributed by atoms with Gasteiger partial charge in [-0.25, -0.2) is 15.0 Å². The number of rotatable bonds is 6. The number of hydrazine groups is 2. The van der Waals surface area contributed by atoms with Crippen LogP contribution >= 0.6 is 24.8 Å². The van der Waals surface area contributed by atoms with Gasteiger partial charge in [0.2, 0.25) is 0 Å². The summed E-state index contributed by atoms with van der Waals surface area (Å²) in [4.78, 5) is 27.9. The average molecular weight is 434 g/mol. The molecule has 0 spiro atoms. The number of nitrogens with zero attached hydrogens (tertiary/aromatic N) is 7. The molecule has 0 fully saturated rings. The highest BCUT2D eigenvalue weighted by Gasteiger charge is 2.14. The van der Waals surface area contributed by atoms with Crippen LogP contribution in [0.1, 0.15) is 39.1 Å². The summed E-state index contributed by atoms with van der Waals surface area (Å²) in [6.45, 7) is 6.43. The van der Waals surface area contributed by atoms with Gasteiger partial charge in [-0.2, -0.15) is 20.4 Å². The molecule has 0 aliphatic rings. The van der Waals surface area contributed by atoms with E-state index in [-0.39, 0.29) is 36.6 Å². The zero-order chi connectivity index (χ0) is 20.0. The normalized spacial score (nSPS) is 11.6. The van der Waals surface area contributed by atoms with E-state index in [4.69, 9.17) is 0 Å². The smallest absolute Gasteiger partial charge is 0.254 e. The second kappa shape index (κ2) is 12.4. The molecule has 0 bridgehead atoms. The van der Waals surface area contributed by atoms with Crippen molar-refractivity contribution in [1.29, 1.82) is 0 Å². The summed E-state index contributed by atoms with van der Waals surface area (Å²) in [7, 11) is 6.93. The van der Waals surface area contributed by atoms with E-state index in [0.717, 1.165) is 0 Å². The maximum atomic E-state index is 11.7. The Labute approximate surface area is 178 Å². The molecular weight excluding hydrogens is 405 g/mol. The largest absolute Gasteiger partial charge is 0.272 e. The van der Waals surface area contributed by atoms with E-state index in [0.29, 0.717) is 22.8 Å². The lowest BCUT2D eigenvalue weighted by Gasteiger charge is -2.23. The number of halogens is 2.